The van der Waals surface area contributed by atoms with Crippen LogP contribution in [0.1, 0.15) is 29.8 Å². The summed E-state index contributed by atoms with van der Waals surface area (Å²) >= 11 is 0. The fraction of sp³-hybridized carbons (Fsp3) is 0.200. The zero-order chi connectivity index (χ0) is 19.6. The van der Waals surface area contributed by atoms with Crippen molar-refractivity contribution in [2.45, 2.75) is 20.8 Å². The predicted molar refractivity (Wildman–Crippen MR) is 107 cm³/mol. The number of allylic oxidation sites excluding steroid dienone is 1. The van der Waals surface area contributed by atoms with Gasteiger partial charge in [-0.25, -0.2) is 9.97 Å². The van der Waals surface area contributed by atoms with Gasteiger partial charge in [-0.05, 0) is 57.3 Å². The molecule has 140 valence electrons. The van der Waals surface area contributed by atoms with E-state index in [-0.39, 0.29) is 5.91 Å². The lowest BCUT2D eigenvalue weighted by Crippen LogP contribution is -2.24. The fourth-order valence-corrected chi connectivity index (χ4v) is 2.23. The quantitative estimate of drug-likeness (QED) is 0.423. The molecular formula is C20H23N5O2. The van der Waals surface area contributed by atoms with Crippen LogP contribution in [0.4, 0.5) is 11.6 Å². The van der Waals surface area contributed by atoms with Crippen LogP contribution < -0.4 is 10.6 Å². The van der Waals surface area contributed by atoms with E-state index in [1.807, 2.05) is 32.9 Å². The van der Waals surface area contributed by atoms with Crippen molar-refractivity contribution in [1.82, 2.24) is 15.3 Å². The molecule has 0 fully saturated rings. The average molecular weight is 365 g/mol. The second kappa shape index (κ2) is 9.86. The first kappa shape index (κ1) is 19.8. The molecule has 7 nitrogen and oxygen atoms in total. The van der Waals surface area contributed by atoms with Gasteiger partial charge in [0.2, 0.25) is 0 Å². The van der Waals surface area contributed by atoms with Crippen LogP contribution >= 0.6 is 0 Å². The summed E-state index contributed by atoms with van der Waals surface area (Å²) in [4.78, 5) is 24.9. The summed E-state index contributed by atoms with van der Waals surface area (Å²) in [6, 6.07) is 7.06. The third-order valence-corrected chi connectivity index (χ3v) is 3.49. The molecule has 0 aliphatic carbocycles. The minimum atomic E-state index is -0.314. The van der Waals surface area contributed by atoms with Gasteiger partial charge in [-0.1, -0.05) is 6.07 Å². The largest absolute Gasteiger partial charge is 0.492 e. The zero-order valence-corrected chi connectivity index (χ0v) is 15.7. The van der Waals surface area contributed by atoms with E-state index in [1.165, 1.54) is 6.20 Å². The molecule has 2 rings (SSSR count). The summed E-state index contributed by atoms with van der Waals surface area (Å²) in [5, 5.41) is 5.87. The molecule has 0 radical (unpaired) electrons. The Labute approximate surface area is 158 Å². The van der Waals surface area contributed by atoms with Gasteiger partial charge >= 0.3 is 0 Å². The molecule has 0 aliphatic rings. The van der Waals surface area contributed by atoms with Gasteiger partial charge in [0.05, 0.1) is 12.8 Å². The lowest BCUT2D eigenvalue weighted by molar-refractivity contribution is 0.0961. The summed E-state index contributed by atoms with van der Waals surface area (Å²) in [5.74, 6) is 1.37. The molecule has 0 aromatic carbocycles. The molecule has 2 aromatic rings. The second-order valence-electron chi connectivity index (χ2n) is 5.54. The van der Waals surface area contributed by atoms with E-state index in [0.717, 1.165) is 5.56 Å². The number of hydrogen-bond acceptors (Lipinski definition) is 6. The van der Waals surface area contributed by atoms with Crippen LogP contribution in [0.5, 0.6) is 0 Å². The average Bonchev–Trinajstić information content (AvgIpc) is 2.68. The number of hydrogen-bond donors (Lipinski definition) is 2. The minimum Gasteiger partial charge on any atom is -0.492 e. The van der Waals surface area contributed by atoms with Crippen LogP contribution in [0.25, 0.3) is 0 Å². The lowest BCUT2D eigenvalue weighted by atomic mass is 10.2. The highest BCUT2D eigenvalue weighted by molar-refractivity contribution is 5.96. The molecule has 2 N–H and O–H groups in total. The molecule has 7 heteroatoms. The van der Waals surface area contributed by atoms with E-state index in [1.54, 1.807) is 30.6 Å². The number of amides is 1. The maximum Gasteiger partial charge on any atom is 0.255 e. The van der Waals surface area contributed by atoms with Crippen LogP contribution in [0.3, 0.4) is 0 Å². The van der Waals surface area contributed by atoms with Gasteiger partial charge in [0.25, 0.3) is 5.91 Å². The number of anilines is 2. The molecule has 2 aromatic heterocycles. The summed E-state index contributed by atoms with van der Waals surface area (Å²) in [5.41, 5.74) is 1.93. The Balaban J connectivity index is 2.17. The number of aryl methyl sites for hydroxylation is 1. The third kappa shape index (κ3) is 5.78. The van der Waals surface area contributed by atoms with Gasteiger partial charge in [0.1, 0.15) is 23.1 Å². The first-order valence-electron chi connectivity index (χ1n) is 8.50. The van der Waals surface area contributed by atoms with Crippen molar-refractivity contribution in [3.63, 3.8) is 0 Å². The lowest BCUT2D eigenvalue weighted by Gasteiger charge is -2.13. The van der Waals surface area contributed by atoms with Gasteiger partial charge in [-0.15, -0.1) is 0 Å². The van der Waals surface area contributed by atoms with Crippen molar-refractivity contribution < 1.29 is 9.53 Å². The van der Waals surface area contributed by atoms with E-state index in [2.05, 4.69) is 32.3 Å². The molecule has 0 bridgehead atoms. The highest BCUT2D eigenvalue weighted by atomic mass is 16.5. The van der Waals surface area contributed by atoms with Gasteiger partial charge in [-0.3, -0.25) is 9.79 Å². The van der Waals surface area contributed by atoms with Crippen molar-refractivity contribution in [3.05, 3.63) is 71.5 Å². The fourth-order valence-electron chi connectivity index (χ4n) is 2.23. The number of ether oxygens (including phenoxy) is 1. The van der Waals surface area contributed by atoms with Crippen molar-refractivity contribution >= 4 is 24.3 Å². The summed E-state index contributed by atoms with van der Waals surface area (Å²) in [7, 11) is 0. The summed E-state index contributed by atoms with van der Waals surface area (Å²) in [6.45, 7) is 9.55. The SMILES string of the molecule is C=N/C=C(NC(=O)c1ccnc(Nc2ccc(C)cn2)c1)\C(=C/C)OCC. The number of carbonyl (C=O) groups excluding carboxylic acids is 1. The van der Waals surface area contributed by atoms with Crippen molar-refractivity contribution in [3.8, 4) is 0 Å². The molecule has 0 spiro atoms. The van der Waals surface area contributed by atoms with E-state index in [0.29, 0.717) is 35.3 Å². The molecule has 27 heavy (non-hydrogen) atoms. The van der Waals surface area contributed by atoms with Crippen LogP contribution in [0.15, 0.2) is 65.4 Å². The predicted octanol–water partition coefficient (Wildman–Crippen LogP) is 3.74. The minimum absolute atomic E-state index is 0.314. The Bertz CT molecular complexity index is 857. The Hall–Kier alpha value is -3.48. The Morgan fingerprint density at radius 2 is 2.11 bits per heavy atom. The standard InChI is InChI=1S/C20H23N5O2/c1-5-17(27-6-2)16(13-21-4)24-20(26)15-9-10-22-19(11-15)25-18-8-7-14(3)12-23-18/h5,7-13H,4,6H2,1-3H3,(H,24,26)(H,22,23,25)/b16-13+,17-5+. The van der Waals surface area contributed by atoms with Gasteiger partial charge in [0.15, 0.2) is 0 Å². The maximum absolute atomic E-state index is 12.6. The summed E-state index contributed by atoms with van der Waals surface area (Å²) in [6.07, 6.45) is 6.51. The number of rotatable bonds is 8. The van der Waals surface area contributed by atoms with E-state index >= 15 is 0 Å². The Kier molecular flexibility index (Phi) is 7.25. The number of aromatic nitrogens is 2. The highest BCUT2D eigenvalue weighted by Gasteiger charge is 2.13. The monoisotopic (exact) mass is 365 g/mol. The smallest absolute Gasteiger partial charge is 0.255 e. The van der Waals surface area contributed by atoms with Gasteiger partial charge in [0, 0.05) is 18.0 Å². The third-order valence-electron chi connectivity index (χ3n) is 3.49. The number of nitrogens with one attached hydrogen (secondary N) is 2. The van der Waals surface area contributed by atoms with Gasteiger partial charge in [-0.2, -0.15) is 0 Å². The molecule has 0 aliphatic heterocycles. The number of pyridine rings is 2. The van der Waals surface area contributed by atoms with Crippen LogP contribution in [0, 0.1) is 6.92 Å². The van der Waals surface area contributed by atoms with Crippen LogP contribution in [0.2, 0.25) is 0 Å². The van der Waals surface area contributed by atoms with E-state index < -0.39 is 0 Å². The van der Waals surface area contributed by atoms with E-state index in [9.17, 15) is 4.79 Å². The molecule has 0 saturated carbocycles. The van der Waals surface area contributed by atoms with Crippen LogP contribution in [-0.4, -0.2) is 29.2 Å². The Morgan fingerprint density at radius 3 is 2.74 bits per heavy atom. The number of nitrogens with zero attached hydrogens (tertiary/aromatic N) is 3. The number of aliphatic imine (C=N–C) groups is 1. The highest BCUT2D eigenvalue weighted by Crippen LogP contribution is 2.15. The normalized spacial score (nSPS) is 11.7. The molecule has 0 unspecified atom stereocenters. The van der Waals surface area contributed by atoms with Crippen molar-refractivity contribution in [1.29, 1.82) is 0 Å². The second-order valence-corrected chi connectivity index (χ2v) is 5.54. The molecule has 2 heterocycles. The first-order valence-corrected chi connectivity index (χ1v) is 8.50. The Morgan fingerprint density at radius 1 is 1.30 bits per heavy atom. The maximum atomic E-state index is 12.6. The van der Waals surface area contributed by atoms with Crippen molar-refractivity contribution in [2.24, 2.45) is 4.99 Å². The van der Waals surface area contributed by atoms with E-state index in [4.69, 9.17) is 4.74 Å². The van der Waals surface area contributed by atoms with Crippen molar-refractivity contribution in [2.75, 3.05) is 11.9 Å². The first-order chi connectivity index (χ1) is 13.1. The number of carbonyl (C=O) groups is 1. The molecule has 0 saturated heterocycles. The zero-order valence-electron chi connectivity index (χ0n) is 15.7. The van der Waals surface area contributed by atoms with Gasteiger partial charge < -0.3 is 15.4 Å². The summed E-state index contributed by atoms with van der Waals surface area (Å²) < 4.78 is 5.51. The molecular weight excluding hydrogens is 342 g/mol. The topological polar surface area (TPSA) is 88.5 Å². The molecule has 0 atom stereocenters. The molecule has 1 amide bonds. The van der Waals surface area contributed by atoms with Crippen LogP contribution in [-0.2, 0) is 4.74 Å².